The molecule has 4 saturated heterocycles. The molecule has 0 bridgehead atoms. The third-order valence-electron chi connectivity index (χ3n) is 19.5. The first kappa shape index (κ1) is 81.6. The fourth-order valence-electron chi connectivity index (χ4n) is 13.8. The second kappa shape index (κ2) is 48.8. The Morgan fingerprint density at radius 2 is 0.589 bits per heavy atom. The molecule has 11 amide bonds. The highest BCUT2D eigenvalue weighted by molar-refractivity contribution is 5.95. The zero-order chi connectivity index (χ0) is 69.0. The lowest BCUT2D eigenvalue weighted by Crippen LogP contribution is -2.56. The minimum Gasteiger partial charge on any atom is -0.354 e. The molecule has 542 valence electrons. The quantitative estimate of drug-likeness (QED) is 0.0271. The molecule has 95 heavy (non-hydrogen) atoms. The molecule has 4 aliphatic rings. The van der Waals surface area contributed by atoms with Crippen molar-refractivity contribution in [2.24, 2.45) is 5.73 Å². The average Bonchev–Trinajstić information content (AvgIpc) is 1.88. The second-order valence-corrected chi connectivity index (χ2v) is 27.3. The van der Waals surface area contributed by atoms with Gasteiger partial charge in [-0.05, 0) is 135 Å². The van der Waals surface area contributed by atoms with Crippen molar-refractivity contribution in [2.75, 3.05) is 58.9 Å². The number of unbranched alkanes of at least 4 members (excludes halogenated alkanes) is 19. The van der Waals surface area contributed by atoms with E-state index < -0.39 is 65.9 Å². The molecule has 4 rings (SSSR count). The highest BCUT2D eigenvalue weighted by atomic mass is 16.2. The number of nitrogens with two attached hydrogens (primary N) is 1. The van der Waals surface area contributed by atoms with Crippen molar-refractivity contribution in [2.45, 2.75) is 333 Å². The standard InChI is InChI=1S/C72H128N12O11/c1-5-9-13-17-21-42-62(85)81-51-31-38-58(81)69(92)75-48-29-26-36-56(79-71(94)60-40-33-53-83(60)64(87)44-23-19-15-11-7-3)66(89)74-47-28-25-35-55(67(90)77-50-46-73)78-68(91)57(80-72(95)61-41-34-54-84(61)65(88)45-24-20-16-12-8-4)37-27-30-49-76-70(93)59-39-32-52-82(59)63(86)43-22-18-14-10-6-2/h55-61H,5-54,73H2,1-4H3,(H,74,89)(H,75,92)(H,76,93)(H,77,90)(H,78,91)(H,79,94)(H,80,95). The zero-order valence-electron chi connectivity index (χ0n) is 59.3. The van der Waals surface area contributed by atoms with E-state index in [1.165, 1.54) is 0 Å². The zero-order valence-corrected chi connectivity index (χ0v) is 59.3. The van der Waals surface area contributed by atoms with E-state index >= 15 is 0 Å². The smallest absolute Gasteiger partial charge is 0.243 e. The third kappa shape index (κ3) is 30.6. The number of hydrogen-bond donors (Lipinski definition) is 8. The van der Waals surface area contributed by atoms with Crippen molar-refractivity contribution in [3.63, 3.8) is 0 Å². The number of rotatable bonds is 51. The SMILES string of the molecule is CCCCCCCC(=O)N1CCCC1C(=O)NCCCCC(NC(=O)C1CCCN1C(=O)CCCCCCC)C(=O)NCCCCC(NC(=O)C(CCCCNC(=O)C1CCCN1C(=O)CCCCCCC)NC(=O)C1CCCN1C(=O)CCCCCCC)C(=O)NCCN. The molecule has 4 heterocycles. The van der Waals surface area contributed by atoms with Crippen LogP contribution in [-0.4, -0.2) is 186 Å². The summed E-state index contributed by atoms with van der Waals surface area (Å²) >= 11 is 0. The summed E-state index contributed by atoms with van der Waals surface area (Å²) in [5.41, 5.74) is 5.80. The molecule has 0 aliphatic carbocycles. The Morgan fingerprint density at radius 3 is 0.905 bits per heavy atom. The van der Waals surface area contributed by atoms with E-state index in [1.54, 1.807) is 19.6 Å². The number of carbonyl (C=O) groups excluding carboxylic acids is 11. The normalized spacial score (nSPS) is 18.7. The molecule has 23 heteroatoms. The molecule has 7 atom stereocenters. The van der Waals surface area contributed by atoms with Gasteiger partial charge in [0.15, 0.2) is 0 Å². The number of likely N-dealkylation sites (tertiary alicyclic amines) is 4. The lowest BCUT2D eigenvalue weighted by Gasteiger charge is -2.28. The van der Waals surface area contributed by atoms with Crippen LogP contribution in [0, 0.1) is 0 Å². The minimum absolute atomic E-state index is 0.00501. The van der Waals surface area contributed by atoms with E-state index in [0.717, 1.165) is 141 Å². The molecule has 23 nitrogen and oxygen atoms in total. The molecule has 7 unspecified atom stereocenters. The lowest BCUT2D eigenvalue weighted by molar-refractivity contribution is -0.140. The first-order valence-electron chi connectivity index (χ1n) is 38.0. The Hall–Kier alpha value is -5.87. The third-order valence-corrected chi connectivity index (χ3v) is 19.5. The average molecular weight is 1340 g/mol. The van der Waals surface area contributed by atoms with Gasteiger partial charge in [-0.25, -0.2) is 0 Å². The molecule has 4 aliphatic heterocycles. The molecule has 9 N–H and O–H groups in total. The van der Waals surface area contributed by atoms with Gasteiger partial charge in [0.2, 0.25) is 65.0 Å². The molecule has 0 aromatic rings. The van der Waals surface area contributed by atoms with Crippen LogP contribution in [0.2, 0.25) is 0 Å². The first-order chi connectivity index (χ1) is 46.1. The number of hydrogen-bond acceptors (Lipinski definition) is 12. The van der Waals surface area contributed by atoms with E-state index in [-0.39, 0.29) is 86.8 Å². The van der Waals surface area contributed by atoms with Crippen LogP contribution < -0.4 is 43.0 Å². The summed E-state index contributed by atoms with van der Waals surface area (Å²) in [5.74, 6) is -2.83. The largest absolute Gasteiger partial charge is 0.354 e. The Morgan fingerprint density at radius 1 is 0.316 bits per heavy atom. The summed E-state index contributed by atoms with van der Waals surface area (Å²) in [7, 11) is 0. The van der Waals surface area contributed by atoms with Crippen molar-refractivity contribution < 1.29 is 52.7 Å². The van der Waals surface area contributed by atoms with Crippen LogP contribution in [0.5, 0.6) is 0 Å². The number of carbonyl (C=O) groups is 11. The van der Waals surface area contributed by atoms with Gasteiger partial charge in [0, 0.05) is 84.6 Å². The monoisotopic (exact) mass is 1340 g/mol. The topological polar surface area (TPSA) is 311 Å². The molecule has 0 radical (unpaired) electrons. The highest BCUT2D eigenvalue weighted by Gasteiger charge is 2.39. The van der Waals surface area contributed by atoms with Crippen molar-refractivity contribution in [3.05, 3.63) is 0 Å². The minimum atomic E-state index is -1.09. The lowest BCUT2D eigenvalue weighted by atomic mass is 10.0. The molecule has 4 fully saturated rings. The van der Waals surface area contributed by atoms with Crippen molar-refractivity contribution in [1.29, 1.82) is 0 Å². The molecule has 0 saturated carbocycles. The fourth-order valence-corrected chi connectivity index (χ4v) is 13.8. The molecule has 0 aromatic carbocycles. The van der Waals surface area contributed by atoms with E-state index in [2.05, 4.69) is 64.9 Å². The predicted octanol–water partition coefficient (Wildman–Crippen LogP) is 7.78. The van der Waals surface area contributed by atoms with Gasteiger partial charge in [-0.3, -0.25) is 52.7 Å². The first-order valence-corrected chi connectivity index (χ1v) is 38.0. The van der Waals surface area contributed by atoms with Crippen LogP contribution >= 0.6 is 0 Å². The van der Waals surface area contributed by atoms with Gasteiger partial charge in [0.05, 0.1) is 0 Å². The van der Waals surface area contributed by atoms with Gasteiger partial charge in [0.25, 0.3) is 0 Å². The van der Waals surface area contributed by atoms with Gasteiger partial charge in [-0.1, -0.05) is 130 Å². The summed E-state index contributed by atoms with van der Waals surface area (Å²) in [6, 6.07) is -5.57. The fraction of sp³-hybridized carbons (Fsp3) is 0.847. The van der Waals surface area contributed by atoms with Crippen molar-refractivity contribution in [3.8, 4) is 0 Å². The summed E-state index contributed by atoms with van der Waals surface area (Å²) in [4.78, 5) is 158. The van der Waals surface area contributed by atoms with Crippen LogP contribution in [0.3, 0.4) is 0 Å². The van der Waals surface area contributed by atoms with Gasteiger partial charge < -0.3 is 62.6 Å². The molecule has 0 aromatic heterocycles. The van der Waals surface area contributed by atoms with Crippen molar-refractivity contribution >= 4 is 65.0 Å². The van der Waals surface area contributed by atoms with Crippen LogP contribution in [0.4, 0.5) is 0 Å². The Bertz CT molecular complexity index is 2330. The van der Waals surface area contributed by atoms with Crippen LogP contribution in [-0.2, 0) is 52.7 Å². The molecular formula is C72H128N12O11. The number of amides is 11. The second-order valence-electron chi connectivity index (χ2n) is 27.3. The maximum atomic E-state index is 14.5. The summed E-state index contributed by atoms with van der Waals surface area (Å²) in [6.45, 7) is 11.7. The Kier molecular flexibility index (Phi) is 41.9. The van der Waals surface area contributed by atoms with Crippen molar-refractivity contribution in [1.82, 2.24) is 56.8 Å². The molecular weight excluding hydrogens is 1210 g/mol. The molecule has 0 spiro atoms. The van der Waals surface area contributed by atoms with Gasteiger partial charge in [-0.15, -0.1) is 0 Å². The van der Waals surface area contributed by atoms with Crippen LogP contribution in [0.15, 0.2) is 0 Å². The van der Waals surface area contributed by atoms with E-state index in [0.29, 0.717) is 135 Å². The summed E-state index contributed by atoms with van der Waals surface area (Å²) in [6.07, 6.45) is 29.9. The maximum absolute atomic E-state index is 14.5. The van der Waals surface area contributed by atoms with Gasteiger partial charge in [-0.2, -0.15) is 0 Å². The van der Waals surface area contributed by atoms with E-state index in [1.807, 2.05) is 0 Å². The Balaban J connectivity index is 1.40. The summed E-state index contributed by atoms with van der Waals surface area (Å²) in [5, 5.41) is 20.6. The van der Waals surface area contributed by atoms with Gasteiger partial charge >= 0.3 is 0 Å². The van der Waals surface area contributed by atoms with E-state index in [4.69, 9.17) is 5.73 Å². The Labute approximate surface area is 570 Å². The number of nitrogens with zero attached hydrogens (tertiary/aromatic N) is 4. The van der Waals surface area contributed by atoms with Gasteiger partial charge in [0.1, 0.15) is 42.3 Å². The maximum Gasteiger partial charge on any atom is 0.243 e. The number of nitrogens with one attached hydrogen (secondary N) is 7. The van der Waals surface area contributed by atoms with E-state index in [9.17, 15) is 52.7 Å². The summed E-state index contributed by atoms with van der Waals surface area (Å²) < 4.78 is 0. The van der Waals surface area contributed by atoms with Crippen LogP contribution in [0.1, 0.15) is 291 Å². The van der Waals surface area contributed by atoms with Crippen LogP contribution in [0.25, 0.3) is 0 Å². The predicted molar refractivity (Wildman–Crippen MR) is 371 cm³/mol. The highest BCUT2D eigenvalue weighted by Crippen LogP contribution is 2.25.